The summed E-state index contributed by atoms with van der Waals surface area (Å²) in [5.74, 6) is 0.0376. The average Bonchev–Trinajstić information content (AvgIpc) is 2.47. The molecule has 2 saturated heterocycles. The molecular weight excluding hydrogens is 304 g/mol. The van der Waals surface area contributed by atoms with E-state index in [4.69, 9.17) is 4.74 Å². The lowest BCUT2D eigenvalue weighted by molar-refractivity contribution is -0.157. The number of ether oxygens (including phenoxy) is 1. The number of carbonyl (C=O) groups is 1. The van der Waals surface area contributed by atoms with Crippen LogP contribution in [0.5, 0.6) is 0 Å². The van der Waals surface area contributed by atoms with Crippen LogP contribution in [0, 0.1) is 0 Å². The maximum Gasteiger partial charge on any atom is 0.251 e. The number of likely N-dealkylation sites (tertiary alicyclic amines) is 1. The Labute approximate surface area is 130 Å². The minimum Gasteiger partial charge on any atom is -0.368 e. The van der Waals surface area contributed by atoms with Crippen LogP contribution in [0.4, 0.5) is 0 Å². The molecule has 120 valence electrons. The average molecular weight is 324 g/mol. The first-order chi connectivity index (χ1) is 10.6. The van der Waals surface area contributed by atoms with Gasteiger partial charge >= 0.3 is 0 Å². The first-order valence-electron chi connectivity index (χ1n) is 7.54. The number of nitrogens with one attached hydrogen (secondary N) is 1. The van der Waals surface area contributed by atoms with E-state index in [1.54, 1.807) is 35.2 Å². The Kier molecular flexibility index (Phi) is 4.46. The Morgan fingerprint density at radius 2 is 1.77 bits per heavy atom. The van der Waals surface area contributed by atoms with Crippen LogP contribution in [0.3, 0.4) is 0 Å². The molecule has 1 N–H and O–H groups in total. The summed E-state index contributed by atoms with van der Waals surface area (Å²) >= 11 is 0. The third kappa shape index (κ3) is 3.31. The molecule has 0 aliphatic carbocycles. The molecule has 2 fully saturated rings. The Morgan fingerprint density at radius 3 is 2.32 bits per heavy atom. The van der Waals surface area contributed by atoms with Gasteiger partial charge in [0.1, 0.15) is 6.10 Å². The molecule has 6 nitrogen and oxygen atoms in total. The molecule has 2 aliphatic rings. The lowest BCUT2D eigenvalue weighted by Gasteiger charge is -2.36. The van der Waals surface area contributed by atoms with Crippen molar-refractivity contribution in [1.29, 1.82) is 0 Å². The van der Waals surface area contributed by atoms with Crippen LogP contribution < -0.4 is 4.72 Å². The zero-order chi connectivity index (χ0) is 15.6. The maximum absolute atomic E-state index is 12.3. The summed E-state index contributed by atoms with van der Waals surface area (Å²) < 4.78 is 32.5. The minimum atomic E-state index is -3.49. The van der Waals surface area contributed by atoms with Crippen molar-refractivity contribution >= 4 is 15.9 Å². The van der Waals surface area contributed by atoms with Gasteiger partial charge in [-0.3, -0.25) is 4.79 Å². The molecule has 7 heteroatoms. The molecule has 0 unspecified atom stereocenters. The van der Waals surface area contributed by atoms with Crippen LogP contribution in [-0.2, 0) is 19.6 Å². The van der Waals surface area contributed by atoms with E-state index < -0.39 is 10.0 Å². The van der Waals surface area contributed by atoms with Gasteiger partial charge in [-0.05, 0) is 25.0 Å². The van der Waals surface area contributed by atoms with Gasteiger partial charge in [-0.25, -0.2) is 13.1 Å². The van der Waals surface area contributed by atoms with Crippen molar-refractivity contribution in [1.82, 2.24) is 9.62 Å². The summed E-state index contributed by atoms with van der Waals surface area (Å²) in [5.41, 5.74) is 0. The highest BCUT2D eigenvalue weighted by Crippen LogP contribution is 2.19. The minimum absolute atomic E-state index is 0.0376. The van der Waals surface area contributed by atoms with Crippen molar-refractivity contribution in [3.63, 3.8) is 0 Å². The van der Waals surface area contributed by atoms with Crippen molar-refractivity contribution in [2.75, 3.05) is 19.7 Å². The monoisotopic (exact) mass is 324 g/mol. The fourth-order valence-corrected chi connectivity index (χ4v) is 4.06. The standard InChI is InChI=1S/C15H20N2O4S/c18-15(14-8-11-21-14)17-9-6-12(7-10-17)16-22(19,20)13-4-2-1-3-5-13/h1-5,12,14,16H,6-11H2/t14-/m0/s1. The molecular formula is C15H20N2O4S. The highest BCUT2D eigenvalue weighted by Gasteiger charge is 2.33. The molecule has 0 saturated carbocycles. The van der Waals surface area contributed by atoms with E-state index in [1.807, 2.05) is 0 Å². The van der Waals surface area contributed by atoms with Gasteiger partial charge < -0.3 is 9.64 Å². The van der Waals surface area contributed by atoms with E-state index in [0.29, 0.717) is 32.5 Å². The van der Waals surface area contributed by atoms with E-state index in [9.17, 15) is 13.2 Å². The highest BCUT2D eigenvalue weighted by molar-refractivity contribution is 7.89. The molecule has 0 aromatic heterocycles. The molecule has 0 radical (unpaired) electrons. The fourth-order valence-electron chi connectivity index (χ4n) is 2.74. The lowest BCUT2D eigenvalue weighted by Crippen LogP contribution is -2.51. The molecule has 1 aromatic carbocycles. The predicted octanol–water partition coefficient (Wildman–Crippen LogP) is 0.745. The second-order valence-electron chi connectivity index (χ2n) is 5.68. The van der Waals surface area contributed by atoms with Crippen LogP contribution in [0.15, 0.2) is 35.2 Å². The molecule has 1 amide bonds. The maximum atomic E-state index is 12.3. The summed E-state index contributed by atoms with van der Waals surface area (Å²) in [5, 5.41) is 0. The smallest absolute Gasteiger partial charge is 0.251 e. The van der Waals surface area contributed by atoms with Gasteiger partial charge in [0.2, 0.25) is 10.0 Å². The van der Waals surface area contributed by atoms with Crippen molar-refractivity contribution in [2.45, 2.75) is 36.3 Å². The zero-order valence-corrected chi connectivity index (χ0v) is 13.1. The zero-order valence-electron chi connectivity index (χ0n) is 12.3. The SMILES string of the molecule is O=C([C@@H]1CCO1)N1CCC(NS(=O)(=O)c2ccccc2)CC1. The first kappa shape index (κ1) is 15.5. The Bertz CT molecular complexity index is 620. The van der Waals surface area contributed by atoms with Crippen LogP contribution >= 0.6 is 0 Å². The number of hydrogen-bond donors (Lipinski definition) is 1. The van der Waals surface area contributed by atoms with Gasteiger partial charge in [-0.15, -0.1) is 0 Å². The molecule has 22 heavy (non-hydrogen) atoms. The van der Waals surface area contributed by atoms with Crippen molar-refractivity contribution in [3.8, 4) is 0 Å². The third-order valence-corrected chi connectivity index (χ3v) is 5.69. The number of carbonyl (C=O) groups excluding carboxylic acids is 1. The van der Waals surface area contributed by atoms with Gasteiger partial charge in [-0.2, -0.15) is 0 Å². The molecule has 0 spiro atoms. The summed E-state index contributed by atoms with van der Waals surface area (Å²) in [6.07, 6.45) is 1.77. The van der Waals surface area contributed by atoms with E-state index in [2.05, 4.69) is 4.72 Å². The highest BCUT2D eigenvalue weighted by atomic mass is 32.2. The van der Waals surface area contributed by atoms with Gasteiger partial charge in [0, 0.05) is 25.6 Å². The number of hydrogen-bond acceptors (Lipinski definition) is 4. The molecule has 1 atom stereocenters. The first-order valence-corrected chi connectivity index (χ1v) is 9.02. The topological polar surface area (TPSA) is 75.7 Å². The Morgan fingerprint density at radius 1 is 1.14 bits per heavy atom. The number of piperidine rings is 1. The summed E-state index contributed by atoms with van der Waals surface area (Å²) in [6, 6.07) is 8.22. The normalized spacial score (nSPS) is 23.1. The second kappa shape index (κ2) is 6.36. The summed E-state index contributed by atoms with van der Waals surface area (Å²) in [4.78, 5) is 14.1. The van der Waals surface area contributed by atoms with Gasteiger partial charge in [0.25, 0.3) is 5.91 Å². The van der Waals surface area contributed by atoms with Crippen LogP contribution in [0.1, 0.15) is 19.3 Å². The summed E-state index contributed by atoms with van der Waals surface area (Å²) in [6.45, 7) is 1.80. The van der Waals surface area contributed by atoms with E-state index in [1.165, 1.54) is 0 Å². The van der Waals surface area contributed by atoms with Crippen molar-refractivity contribution < 1.29 is 17.9 Å². The van der Waals surface area contributed by atoms with E-state index in [-0.39, 0.29) is 22.9 Å². The van der Waals surface area contributed by atoms with Crippen LogP contribution in [0.25, 0.3) is 0 Å². The number of rotatable bonds is 4. The van der Waals surface area contributed by atoms with Crippen molar-refractivity contribution in [3.05, 3.63) is 30.3 Å². The largest absolute Gasteiger partial charge is 0.368 e. The quantitative estimate of drug-likeness (QED) is 0.886. The fraction of sp³-hybridized carbons (Fsp3) is 0.533. The molecule has 0 bridgehead atoms. The van der Waals surface area contributed by atoms with Gasteiger partial charge in [0.05, 0.1) is 11.5 Å². The van der Waals surface area contributed by atoms with Crippen molar-refractivity contribution in [2.24, 2.45) is 0 Å². The second-order valence-corrected chi connectivity index (χ2v) is 7.40. The van der Waals surface area contributed by atoms with E-state index in [0.717, 1.165) is 6.42 Å². The van der Waals surface area contributed by atoms with Crippen LogP contribution in [0.2, 0.25) is 0 Å². The van der Waals surface area contributed by atoms with Gasteiger partial charge in [0.15, 0.2) is 0 Å². The summed E-state index contributed by atoms with van der Waals surface area (Å²) in [7, 11) is -3.49. The molecule has 3 rings (SSSR count). The molecule has 2 heterocycles. The van der Waals surface area contributed by atoms with E-state index >= 15 is 0 Å². The predicted molar refractivity (Wildman–Crippen MR) is 80.7 cm³/mol. The Balaban J connectivity index is 1.54. The number of benzene rings is 1. The molecule has 2 aliphatic heterocycles. The van der Waals surface area contributed by atoms with Crippen LogP contribution in [-0.4, -0.2) is 51.1 Å². The number of amides is 1. The number of sulfonamides is 1. The number of nitrogens with zero attached hydrogens (tertiary/aromatic N) is 1. The third-order valence-electron chi connectivity index (χ3n) is 4.16. The molecule has 1 aromatic rings. The lowest BCUT2D eigenvalue weighted by atomic mass is 10.0. The Hall–Kier alpha value is -1.44. The van der Waals surface area contributed by atoms with Gasteiger partial charge in [-0.1, -0.05) is 18.2 Å².